The molecular formula is C13H7F3NO2. The van der Waals surface area contributed by atoms with Crippen molar-refractivity contribution >= 4 is 5.69 Å². The normalized spacial score (nSPS) is 11.3. The molecule has 0 heterocycles. The van der Waals surface area contributed by atoms with E-state index < -0.39 is 16.7 Å². The third kappa shape index (κ3) is 2.90. The van der Waals surface area contributed by atoms with Crippen LogP contribution in [0.25, 0.3) is 11.1 Å². The molecule has 0 amide bonds. The third-order valence-electron chi connectivity index (χ3n) is 2.50. The predicted octanol–water partition coefficient (Wildman–Crippen LogP) is 4.08. The molecule has 0 aliphatic heterocycles. The summed E-state index contributed by atoms with van der Waals surface area (Å²) in [6.45, 7) is 0. The summed E-state index contributed by atoms with van der Waals surface area (Å²) in [6, 6.07) is 11.0. The summed E-state index contributed by atoms with van der Waals surface area (Å²) in [5, 5.41) is 10.6. The van der Waals surface area contributed by atoms with E-state index in [1.165, 1.54) is 30.3 Å². The van der Waals surface area contributed by atoms with Gasteiger partial charge >= 0.3 is 6.18 Å². The molecule has 0 fully saturated rings. The number of benzene rings is 2. The molecule has 0 saturated carbocycles. The molecule has 2 aromatic rings. The van der Waals surface area contributed by atoms with Crippen LogP contribution in [0.1, 0.15) is 5.56 Å². The Morgan fingerprint density at radius 3 is 2.53 bits per heavy atom. The van der Waals surface area contributed by atoms with Gasteiger partial charge in [0.15, 0.2) is 0 Å². The summed E-state index contributed by atoms with van der Waals surface area (Å²) in [5.74, 6) is 0. The monoisotopic (exact) mass is 266 g/mol. The summed E-state index contributed by atoms with van der Waals surface area (Å²) in [7, 11) is 0. The van der Waals surface area contributed by atoms with Crippen LogP contribution in [-0.2, 0) is 6.18 Å². The number of nitro groups is 1. The Balaban J connectivity index is 2.48. The fraction of sp³-hybridized carbons (Fsp3) is 0.0769. The van der Waals surface area contributed by atoms with E-state index >= 15 is 0 Å². The van der Waals surface area contributed by atoms with Crippen LogP contribution in [0.5, 0.6) is 0 Å². The van der Waals surface area contributed by atoms with Crippen molar-refractivity contribution in [2.75, 3.05) is 0 Å². The molecule has 0 saturated heterocycles. The Hall–Kier alpha value is -2.37. The van der Waals surface area contributed by atoms with Crippen LogP contribution in [0.2, 0.25) is 0 Å². The lowest BCUT2D eigenvalue weighted by atomic mass is 10.0. The van der Waals surface area contributed by atoms with E-state index in [2.05, 4.69) is 6.07 Å². The molecule has 0 bridgehead atoms. The molecule has 6 heteroatoms. The summed E-state index contributed by atoms with van der Waals surface area (Å²) >= 11 is 0. The summed E-state index contributed by atoms with van der Waals surface area (Å²) < 4.78 is 37.7. The second-order valence-corrected chi connectivity index (χ2v) is 3.80. The zero-order valence-corrected chi connectivity index (χ0v) is 9.44. The second kappa shape index (κ2) is 4.72. The number of rotatable bonds is 2. The van der Waals surface area contributed by atoms with Gasteiger partial charge in [-0.2, -0.15) is 13.2 Å². The van der Waals surface area contributed by atoms with Gasteiger partial charge in [-0.3, -0.25) is 10.1 Å². The average Bonchev–Trinajstić information content (AvgIpc) is 2.38. The van der Waals surface area contributed by atoms with Crippen molar-refractivity contribution in [1.29, 1.82) is 0 Å². The Morgan fingerprint density at radius 2 is 1.89 bits per heavy atom. The van der Waals surface area contributed by atoms with Gasteiger partial charge in [0, 0.05) is 12.1 Å². The molecular weight excluding hydrogens is 259 g/mol. The number of hydrogen-bond donors (Lipinski definition) is 0. The minimum absolute atomic E-state index is 0.189. The first-order chi connectivity index (χ1) is 8.88. The summed E-state index contributed by atoms with van der Waals surface area (Å²) in [4.78, 5) is 10.0. The van der Waals surface area contributed by atoms with E-state index in [1.807, 2.05) is 0 Å². The first kappa shape index (κ1) is 13.1. The van der Waals surface area contributed by atoms with Gasteiger partial charge in [0.25, 0.3) is 5.69 Å². The van der Waals surface area contributed by atoms with Gasteiger partial charge < -0.3 is 0 Å². The van der Waals surface area contributed by atoms with Crippen molar-refractivity contribution in [1.82, 2.24) is 0 Å². The Morgan fingerprint density at radius 1 is 1.16 bits per heavy atom. The van der Waals surface area contributed by atoms with Crippen LogP contribution < -0.4 is 0 Å². The van der Waals surface area contributed by atoms with Gasteiger partial charge in [-0.1, -0.05) is 12.1 Å². The van der Waals surface area contributed by atoms with E-state index in [9.17, 15) is 23.3 Å². The highest BCUT2D eigenvalue weighted by Crippen LogP contribution is 2.32. The molecule has 1 radical (unpaired) electrons. The molecule has 0 aliphatic rings. The highest BCUT2D eigenvalue weighted by molar-refractivity contribution is 5.66. The van der Waals surface area contributed by atoms with Gasteiger partial charge in [0.1, 0.15) is 0 Å². The Bertz CT molecular complexity index is 623. The van der Waals surface area contributed by atoms with Crippen molar-refractivity contribution < 1.29 is 18.1 Å². The van der Waals surface area contributed by atoms with E-state index in [1.54, 1.807) is 0 Å². The Labute approximate surface area is 106 Å². The van der Waals surface area contributed by atoms with Gasteiger partial charge in [-0.05, 0) is 35.4 Å². The van der Waals surface area contributed by atoms with Crippen molar-refractivity contribution in [2.24, 2.45) is 0 Å². The molecule has 0 atom stereocenters. The quantitative estimate of drug-likeness (QED) is 0.607. The van der Waals surface area contributed by atoms with Crippen molar-refractivity contribution in [3.05, 3.63) is 64.2 Å². The van der Waals surface area contributed by atoms with Crippen LogP contribution in [0.4, 0.5) is 18.9 Å². The van der Waals surface area contributed by atoms with Gasteiger partial charge in [-0.15, -0.1) is 0 Å². The zero-order valence-electron chi connectivity index (χ0n) is 9.44. The first-order valence-corrected chi connectivity index (χ1v) is 5.22. The number of halogens is 3. The maximum absolute atomic E-state index is 12.6. The van der Waals surface area contributed by atoms with Gasteiger partial charge in [0.2, 0.25) is 0 Å². The number of nitrogens with zero attached hydrogens (tertiary/aromatic N) is 1. The van der Waals surface area contributed by atoms with Gasteiger partial charge in [0.05, 0.1) is 10.5 Å². The molecule has 0 aliphatic carbocycles. The lowest BCUT2D eigenvalue weighted by Gasteiger charge is -2.08. The lowest BCUT2D eigenvalue weighted by molar-refractivity contribution is -0.384. The van der Waals surface area contributed by atoms with E-state index in [-0.39, 0.29) is 16.8 Å². The molecule has 19 heavy (non-hydrogen) atoms. The SMILES string of the molecule is O=[N+]([O-])c1cc[c]c(-c2cccc(C(F)(F)F)c2)c1. The summed E-state index contributed by atoms with van der Waals surface area (Å²) in [5.41, 5.74) is -0.505. The van der Waals surface area contributed by atoms with Crippen molar-refractivity contribution in [3.63, 3.8) is 0 Å². The molecule has 2 aromatic carbocycles. The standard InChI is InChI=1S/C13H7F3NO2/c14-13(15,16)11-5-1-3-9(7-11)10-4-2-6-12(8-10)17(18)19/h1-3,5-8H. The third-order valence-corrected chi connectivity index (χ3v) is 2.50. The molecule has 97 valence electrons. The number of nitro benzene ring substituents is 1. The Kier molecular flexibility index (Phi) is 3.25. The molecule has 0 N–H and O–H groups in total. The van der Waals surface area contributed by atoms with Crippen LogP contribution in [0.15, 0.2) is 42.5 Å². The average molecular weight is 266 g/mol. The highest BCUT2D eigenvalue weighted by Gasteiger charge is 2.30. The minimum atomic E-state index is -4.45. The largest absolute Gasteiger partial charge is 0.416 e. The second-order valence-electron chi connectivity index (χ2n) is 3.80. The molecule has 0 spiro atoms. The van der Waals surface area contributed by atoms with Gasteiger partial charge in [-0.25, -0.2) is 0 Å². The van der Waals surface area contributed by atoms with Crippen LogP contribution in [0, 0.1) is 16.2 Å². The van der Waals surface area contributed by atoms with Crippen molar-refractivity contribution in [3.8, 4) is 11.1 Å². The highest BCUT2D eigenvalue weighted by atomic mass is 19.4. The maximum Gasteiger partial charge on any atom is 0.416 e. The predicted molar refractivity (Wildman–Crippen MR) is 62.4 cm³/mol. The topological polar surface area (TPSA) is 43.1 Å². The first-order valence-electron chi connectivity index (χ1n) is 5.22. The maximum atomic E-state index is 12.6. The van der Waals surface area contributed by atoms with E-state index in [0.29, 0.717) is 0 Å². The minimum Gasteiger partial charge on any atom is -0.258 e. The zero-order chi connectivity index (χ0) is 14.0. The molecule has 0 unspecified atom stereocenters. The van der Waals surface area contributed by atoms with Crippen LogP contribution in [0.3, 0.4) is 0 Å². The number of non-ortho nitro benzene ring substituents is 1. The smallest absolute Gasteiger partial charge is 0.258 e. The van der Waals surface area contributed by atoms with Crippen LogP contribution >= 0.6 is 0 Å². The van der Waals surface area contributed by atoms with E-state index in [0.717, 1.165) is 12.1 Å². The fourth-order valence-electron chi connectivity index (χ4n) is 1.60. The number of alkyl halides is 3. The van der Waals surface area contributed by atoms with Crippen molar-refractivity contribution in [2.45, 2.75) is 6.18 Å². The molecule has 0 aromatic heterocycles. The lowest BCUT2D eigenvalue weighted by Crippen LogP contribution is -2.04. The summed E-state index contributed by atoms with van der Waals surface area (Å²) in [6.07, 6.45) is -4.45. The molecule has 3 nitrogen and oxygen atoms in total. The van der Waals surface area contributed by atoms with Crippen LogP contribution in [-0.4, -0.2) is 4.92 Å². The molecule has 2 rings (SSSR count). The van der Waals surface area contributed by atoms with E-state index in [4.69, 9.17) is 0 Å². The fourth-order valence-corrected chi connectivity index (χ4v) is 1.60. The number of hydrogen-bond acceptors (Lipinski definition) is 2.